The van der Waals surface area contributed by atoms with Crippen LogP contribution in [0.15, 0.2) is 36.7 Å². The molecule has 0 amide bonds. The van der Waals surface area contributed by atoms with Crippen molar-refractivity contribution >= 4 is 11.0 Å². The van der Waals surface area contributed by atoms with Gasteiger partial charge in [0.25, 0.3) is 0 Å². The van der Waals surface area contributed by atoms with E-state index >= 15 is 0 Å². The van der Waals surface area contributed by atoms with Crippen molar-refractivity contribution in [3.05, 3.63) is 59.2 Å². The van der Waals surface area contributed by atoms with Gasteiger partial charge in [0.15, 0.2) is 0 Å². The fourth-order valence-corrected chi connectivity index (χ4v) is 2.28. The second-order valence-electron chi connectivity index (χ2n) is 4.79. The Bertz CT molecular complexity index is 856. The van der Waals surface area contributed by atoms with Crippen LogP contribution in [0, 0.1) is 31.0 Å². The molecule has 98 valence electrons. The smallest absolute Gasteiger partial charge is 0.143 e. The number of fused-ring (bicyclic) bond motifs is 1. The maximum Gasteiger partial charge on any atom is 0.143 e. The number of imidazole rings is 1. The molecule has 3 rings (SSSR count). The summed E-state index contributed by atoms with van der Waals surface area (Å²) in [7, 11) is 0. The Balaban J connectivity index is 2.34. The molecule has 0 N–H and O–H groups in total. The summed E-state index contributed by atoms with van der Waals surface area (Å²) in [6, 6.07) is 10.5. The minimum Gasteiger partial charge on any atom is -0.297 e. The first-order valence-electron chi connectivity index (χ1n) is 6.25. The van der Waals surface area contributed by atoms with E-state index in [2.05, 4.69) is 4.98 Å². The van der Waals surface area contributed by atoms with Crippen LogP contribution in [0.2, 0.25) is 0 Å². The Morgan fingerprint density at radius 1 is 1.20 bits per heavy atom. The van der Waals surface area contributed by atoms with E-state index in [9.17, 15) is 4.39 Å². The summed E-state index contributed by atoms with van der Waals surface area (Å²) in [5.74, 6) is -0.518. The van der Waals surface area contributed by atoms with Crippen LogP contribution >= 0.6 is 0 Å². The molecule has 0 radical (unpaired) electrons. The molecule has 3 nitrogen and oxygen atoms in total. The van der Waals surface area contributed by atoms with Gasteiger partial charge in [-0.2, -0.15) is 5.26 Å². The van der Waals surface area contributed by atoms with Crippen molar-refractivity contribution in [1.29, 1.82) is 5.26 Å². The first-order valence-corrected chi connectivity index (χ1v) is 6.25. The minimum absolute atomic E-state index is 0.0324. The number of benzene rings is 2. The van der Waals surface area contributed by atoms with Crippen LogP contribution in [0.1, 0.15) is 16.7 Å². The SMILES string of the molecule is Cc1cc2ncn(-c3cccc(F)c3C#N)c2cc1C. The van der Waals surface area contributed by atoms with Crippen LogP contribution in [0.3, 0.4) is 0 Å². The third-order valence-electron chi connectivity index (χ3n) is 3.53. The number of aromatic nitrogens is 2. The van der Waals surface area contributed by atoms with Crippen molar-refractivity contribution in [2.45, 2.75) is 13.8 Å². The molecule has 4 heteroatoms. The summed E-state index contributed by atoms with van der Waals surface area (Å²) in [4.78, 5) is 4.33. The lowest BCUT2D eigenvalue weighted by Gasteiger charge is -2.08. The number of rotatable bonds is 1. The van der Waals surface area contributed by atoms with Gasteiger partial charge in [0, 0.05) is 0 Å². The molecule has 0 atom stereocenters. The first kappa shape index (κ1) is 12.4. The third kappa shape index (κ3) is 1.76. The van der Waals surface area contributed by atoms with Crippen molar-refractivity contribution in [2.24, 2.45) is 0 Å². The summed E-state index contributed by atoms with van der Waals surface area (Å²) in [5.41, 5.74) is 4.54. The van der Waals surface area contributed by atoms with Gasteiger partial charge in [0.2, 0.25) is 0 Å². The maximum atomic E-state index is 13.7. The normalized spacial score (nSPS) is 10.7. The Morgan fingerprint density at radius 3 is 2.70 bits per heavy atom. The summed E-state index contributed by atoms with van der Waals surface area (Å²) in [6.07, 6.45) is 1.62. The Hall–Kier alpha value is -2.67. The highest BCUT2D eigenvalue weighted by atomic mass is 19.1. The molecule has 0 saturated carbocycles. The standard InChI is InChI=1S/C16H12FN3/c1-10-6-14-16(7-11(10)2)20(9-19-14)15-5-3-4-13(17)12(15)8-18/h3-7,9H,1-2H3. The highest BCUT2D eigenvalue weighted by Gasteiger charge is 2.12. The van der Waals surface area contributed by atoms with E-state index < -0.39 is 5.82 Å². The molecule has 0 bridgehead atoms. The van der Waals surface area contributed by atoms with Gasteiger partial charge in [-0.25, -0.2) is 9.37 Å². The summed E-state index contributed by atoms with van der Waals surface area (Å²) in [5, 5.41) is 9.15. The van der Waals surface area contributed by atoms with E-state index in [0.717, 1.165) is 22.2 Å². The molecule has 1 heterocycles. The molecule has 2 aromatic carbocycles. The highest BCUT2D eigenvalue weighted by Crippen LogP contribution is 2.24. The molecular weight excluding hydrogens is 253 g/mol. The largest absolute Gasteiger partial charge is 0.297 e. The van der Waals surface area contributed by atoms with Crippen molar-refractivity contribution in [2.75, 3.05) is 0 Å². The lowest BCUT2D eigenvalue weighted by atomic mass is 10.1. The van der Waals surface area contributed by atoms with Crippen LogP contribution < -0.4 is 0 Å². The number of hydrogen-bond acceptors (Lipinski definition) is 2. The monoisotopic (exact) mass is 265 g/mol. The number of nitrogens with zero attached hydrogens (tertiary/aromatic N) is 3. The molecule has 0 aliphatic heterocycles. The van der Waals surface area contributed by atoms with Crippen LogP contribution in [0.25, 0.3) is 16.7 Å². The van der Waals surface area contributed by atoms with Gasteiger partial charge >= 0.3 is 0 Å². The summed E-state index contributed by atoms with van der Waals surface area (Å²) in [6.45, 7) is 4.04. The second kappa shape index (κ2) is 4.46. The topological polar surface area (TPSA) is 41.6 Å². The predicted octanol–water partition coefficient (Wildman–Crippen LogP) is 3.65. The molecule has 0 aliphatic carbocycles. The van der Waals surface area contributed by atoms with Gasteiger partial charge in [-0.15, -0.1) is 0 Å². The number of hydrogen-bond donors (Lipinski definition) is 0. The van der Waals surface area contributed by atoms with E-state index in [1.807, 2.05) is 32.0 Å². The highest BCUT2D eigenvalue weighted by molar-refractivity contribution is 5.79. The zero-order valence-electron chi connectivity index (χ0n) is 11.2. The predicted molar refractivity (Wildman–Crippen MR) is 75.2 cm³/mol. The fourth-order valence-electron chi connectivity index (χ4n) is 2.28. The average Bonchev–Trinajstić information content (AvgIpc) is 2.81. The molecule has 3 aromatic rings. The Kier molecular flexibility index (Phi) is 2.76. The lowest BCUT2D eigenvalue weighted by molar-refractivity contribution is 0.622. The zero-order valence-corrected chi connectivity index (χ0v) is 11.2. The molecule has 20 heavy (non-hydrogen) atoms. The van der Waals surface area contributed by atoms with E-state index in [1.165, 1.54) is 6.07 Å². The fraction of sp³-hybridized carbons (Fsp3) is 0.125. The number of halogens is 1. The number of aryl methyl sites for hydroxylation is 2. The Morgan fingerprint density at radius 2 is 1.95 bits per heavy atom. The average molecular weight is 265 g/mol. The van der Waals surface area contributed by atoms with Crippen molar-refractivity contribution in [1.82, 2.24) is 9.55 Å². The lowest BCUT2D eigenvalue weighted by Crippen LogP contribution is -1.98. The minimum atomic E-state index is -0.518. The van der Waals surface area contributed by atoms with Gasteiger partial charge in [0.1, 0.15) is 23.8 Å². The van der Waals surface area contributed by atoms with Crippen LogP contribution in [0.4, 0.5) is 4.39 Å². The van der Waals surface area contributed by atoms with Crippen LogP contribution in [0.5, 0.6) is 0 Å². The van der Waals surface area contributed by atoms with Gasteiger partial charge in [-0.05, 0) is 49.2 Å². The molecule has 0 spiro atoms. The molecule has 0 unspecified atom stereocenters. The van der Waals surface area contributed by atoms with Gasteiger partial charge in [-0.1, -0.05) is 6.07 Å². The molecule has 1 aromatic heterocycles. The van der Waals surface area contributed by atoms with E-state index in [0.29, 0.717) is 5.69 Å². The van der Waals surface area contributed by atoms with Crippen molar-refractivity contribution < 1.29 is 4.39 Å². The van der Waals surface area contributed by atoms with Crippen molar-refractivity contribution in [3.63, 3.8) is 0 Å². The van der Waals surface area contributed by atoms with Gasteiger partial charge in [0.05, 0.1) is 16.7 Å². The van der Waals surface area contributed by atoms with E-state index in [-0.39, 0.29) is 5.56 Å². The van der Waals surface area contributed by atoms with Crippen molar-refractivity contribution in [3.8, 4) is 11.8 Å². The van der Waals surface area contributed by atoms with Crippen LogP contribution in [-0.2, 0) is 0 Å². The first-order chi connectivity index (χ1) is 9.61. The zero-order chi connectivity index (χ0) is 14.3. The third-order valence-corrected chi connectivity index (χ3v) is 3.53. The van der Waals surface area contributed by atoms with Gasteiger partial charge < -0.3 is 0 Å². The number of nitriles is 1. The Labute approximate surface area is 115 Å². The van der Waals surface area contributed by atoms with E-state index in [1.54, 1.807) is 23.0 Å². The summed E-state index contributed by atoms with van der Waals surface area (Å²) < 4.78 is 15.5. The molecule has 0 fully saturated rings. The van der Waals surface area contributed by atoms with E-state index in [4.69, 9.17) is 5.26 Å². The van der Waals surface area contributed by atoms with Gasteiger partial charge in [-0.3, -0.25) is 4.57 Å². The second-order valence-corrected chi connectivity index (χ2v) is 4.79. The molecule has 0 aliphatic rings. The maximum absolute atomic E-state index is 13.7. The van der Waals surface area contributed by atoms with Crippen LogP contribution in [-0.4, -0.2) is 9.55 Å². The quantitative estimate of drug-likeness (QED) is 0.674. The summed E-state index contributed by atoms with van der Waals surface area (Å²) >= 11 is 0. The molecule has 0 saturated heterocycles. The molecular formula is C16H12FN3.